The lowest BCUT2D eigenvalue weighted by Gasteiger charge is -2.28. The van der Waals surface area contributed by atoms with Gasteiger partial charge in [0.05, 0.1) is 6.04 Å². The number of thioether (sulfide) groups is 1. The predicted molar refractivity (Wildman–Crippen MR) is 149 cm³/mol. The van der Waals surface area contributed by atoms with Crippen molar-refractivity contribution in [3.63, 3.8) is 0 Å². The van der Waals surface area contributed by atoms with Crippen LogP contribution in [-0.2, 0) is 25.6 Å². The smallest absolute Gasteiger partial charge is 0.326 e. The third-order valence-corrected chi connectivity index (χ3v) is 7.77. The number of hydrogen-bond acceptors (Lipinski definition) is 6. The number of carbonyl (C=O) groups excluding carboxylic acids is 3. The Balaban J connectivity index is 1.83. The van der Waals surface area contributed by atoms with Crippen molar-refractivity contribution in [2.45, 2.75) is 70.1 Å². The van der Waals surface area contributed by atoms with Gasteiger partial charge in [-0.1, -0.05) is 38.5 Å². The molecule has 0 radical (unpaired) electrons. The van der Waals surface area contributed by atoms with Crippen LogP contribution in [0.4, 0.5) is 0 Å². The van der Waals surface area contributed by atoms with Crippen LogP contribution in [0.25, 0.3) is 10.9 Å². The number of para-hydroxylation sites is 1. The van der Waals surface area contributed by atoms with Crippen molar-refractivity contribution in [2.75, 3.05) is 18.6 Å². The SMILES string of the molecule is CCC(C)C(NC(=O)C1CCCN1)C(=O)NC(Cc1c[nH]c2ccccc12)C(=O)NC(CCSC)C(=O)O. The van der Waals surface area contributed by atoms with Gasteiger partial charge in [-0.25, -0.2) is 4.79 Å². The van der Waals surface area contributed by atoms with E-state index in [1.54, 1.807) is 6.20 Å². The van der Waals surface area contributed by atoms with Crippen LogP contribution in [0.5, 0.6) is 0 Å². The van der Waals surface area contributed by atoms with Crippen LogP contribution in [0.3, 0.4) is 0 Å². The number of amides is 3. The van der Waals surface area contributed by atoms with Crippen LogP contribution >= 0.6 is 11.8 Å². The quantitative estimate of drug-likeness (QED) is 0.212. The molecule has 38 heavy (non-hydrogen) atoms. The van der Waals surface area contributed by atoms with Gasteiger partial charge in [0.1, 0.15) is 18.1 Å². The molecule has 0 bridgehead atoms. The van der Waals surface area contributed by atoms with Gasteiger partial charge in [0.15, 0.2) is 0 Å². The number of aromatic amines is 1. The zero-order valence-electron chi connectivity index (χ0n) is 22.2. The summed E-state index contributed by atoms with van der Waals surface area (Å²) in [7, 11) is 0. The molecule has 1 aromatic heterocycles. The number of aromatic nitrogens is 1. The highest BCUT2D eigenvalue weighted by Crippen LogP contribution is 2.20. The number of H-pyrrole nitrogens is 1. The molecule has 1 aliphatic heterocycles. The number of nitrogens with one attached hydrogen (secondary N) is 5. The molecule has 5 unspecified atom stereocenters. The van der Waals surface area contributed by atoms with E-state index in [0.29, 0.717) is 18.6 Å². The normalized spacial score (nSPS) is 18.3. The first-order valence-corrected chi connectivity index (χ1v) is 14.6. The van der Waals surface area contributed by atoms with Gasteiger partial charge in [-0.3, -0.25) is 14.4 Å². The van der Waals surface area contributed by atoms with Crippen LogP contribution in [0.15, 0.2) is 30.5 Å². The summed E-state index contributed by atoms with van der Waals surface area (Å²) in [6.45, 7) is 4.57. The van der Waals surface area contributed by atoms with E-state index in [2.05, 4.69) is 26.3 Å². The minimum absolute atomic E-state index is 0.155. The van der Waals surface area contributed by atoms with Crippen molar-refractivity contribution in [1.29, 1.82) is 0 Å². The zero-order valence-corrected chi connectivity index (χ0v) is 23.0. The molecule has 11 heteroatoms. The van der Waals surface area contributed by atoms with Crippen LogP contribution in [0.1, 0.15) is 45.1 Å². The maximum atomic E-state index is 13.5. The molecule has 208 valence electrons. The molecule has 2 aromatic rings. The number of aliphatic carboxylic acids is 1. The van der Waals surface area contributed by atoms with Crippen molar-refractivity contribution in [2.24, 2.45) is 5.92 Å². The Morgan fingerprint density at radius 3 is 2.50 bits per heavy atom. The average molecular weight is 546 g/mol. The number of carboxylic acids is 1. The molecule has 1 saturated heterocycles. The molecule has 5 atom stereocenters. The fourth-order valence-electron chi connectivity index (χ4n) is 4.62. The summed E-state index contributed by atoms with van der Waals surface area (Å²) in [5.41, 5.74) is 1.71. The second kappa shape index (κ2) is 14.2. The van der Waals surface area contributed by atoms with Gasteiger partial charge < -0.3 is 31.4 Å². The first-order valence-electron chi connectivity index (χ1n) is 13.2. The zero-order chi connectivity index (χ0) is 27.7. The molecule has 0 aliphatic carbocycles. The van der Waals surface area contributed by atoms with Crippen molar-refractivity contribution >= 4 is 46.4 Å². The minimum Gasteiger partial charge on any atom is -0.480 e. The first-order chi connectivity index (χ1) is 18.2. The van der Waals surface area contributed by atoms with Crippen molar-refractivity contribution in [3.05, 3.63) is 36.0 Å². The van der Waals surface area contributed by atoms with Crippen LogP contribution in [0.2, 0.25) is 0 Å². The van der Waals surface area contributed by atoms with Crippen molar-refractivity contribution in [3.8, 4) is 0 Å². The highest BCUT2D eigenvalue weighted by Gasteiger charge is 2.33. The molecule has 10 nitrogen and oxygen atoms in total. The van der Waals surface area contributed by atoms with E-state index in [-0.39, 0.29) is 30.7 Å². The summed E-state index contributed by atoms with van der Waals surface area (Å²) in [5, 5.41) is 22.0. The van der Waals surface area contributed by atoms with E-state index in [4.69, 9.17) is 0 Å². The van der Waals surface area contributed by atoms with Gasteiger partial charge in [0, 0.05) is 23.5 Å². The number of rotatable bonds is 14. The molecule has 3 amide bonds. The number of carbonyl (C=O) groups is 4. The van der Waals surface area contributed by atoms with Crippen LogP contribution in [0, 0.1) is 5.92 Å². The van der Waals surface area contributed by atoms with E-state index in [0.717, 1.165) is 29.4 Å². The number of fused-ring (bicyclic) bond motifs is 1. The fourth-order valence-corrected chi connectivity index (χ4v) is 5.09. The molecular weight excluding hydrogens is 506 g/mol. The Kier molecular flexibility index (Phi) is 11.0. The molecular formula is C27H39N5O5S. The monoisotopic (exact) mass is 545 g/mol. The van der Waals surface area contributed by atoms with Crippen LogP contribution in [-0.4, -0.2) is 76.5 Å². The average Bonchev–Trinajstić information content (AvgIpc) is 3.59. The largest absolute Gasteiger partial charge is 0.480 e. The van der Waals surface area contributed by atoms with E-state index < -0.39 is 35.9 Å². The summed E-state index contributed by atoms with van der Waals surface area (Å²) in [4.78, 5) is 54.7. The van der Waals surface area contributed by atoms with Gasteiger partial charge in [-0.2, -0.15) is 11.8 Å². The first kappa shape index (κ1) is 29.5. The number of benzene rings is 1. The highest BCUT2D eigenvalue weighted by molar-refractivity contribution is 7.98. The van der Waals surface area contributed by atoms with Gasteiger partial charge in [0.2, 0.25) is 17.7 Å². The topological polar surface area (TPSA) is 152 Å². The summed E-state index contributed by atoms with van der Waals surface area (Å²) >= 11 is 1.49. The van der Waals surface area contributed by atoms with Crippen molar-refractivity contribution in [1.82, 2.24) is 26.3 Å². The van der Waals surface area contributed by atoms with Gasteiger partial charge >= 0.3 is 5.97 Å². The summed E-state index contributed by atoms with van der Waals surface area (Å²) in [6.07, 6.45) is 6.32. The second-order valence-electron chi connectivity index (χ2n) is 9.83. The third-order valence-electron chi connectivity index (χ3n) is 7.13. The number of carboxylic acid groups (broad SMARTS) is 1. The van der Waals surface area contributed by atoms with E-state index in [9.17, 15) is 24.3 Å². The second-order valence-corrected chi connectivity index (χ2v) is 10.8. The number of hydrogen-bond donors (Lipinski definition) is 6. The highest BCUT2D eigenvalue weighted by atomic mass is 32.2. The lowest BCUT2D eigenvalue weighted by molar-refractivity contribution is -0.142. The standard InChI is InChI=1S/C27H39N5O5S/c1-4-16(2)23(32-24(33)20-10-7-12-28-20)26(35)31-22(25(34)30-21(27(36)37)11-13-38-3)14-17-15-29-19-9-6-5-8-18(17)19/h5-6,8-9,15-16,20-23,28-29H,4,7,10-14H2,1-3H3,(H,30,34)(H,31,35)(H,32,33)(H,36,37). The van der Waals surface area contributed by atoms with Gasteiger partial charge in [-0.15, -0.1) is 0 Å². The molecule has 1 fully saturated rings. The maximum absolute atomic E-state index is 13.5. The molecule has 0 spiro atoms. The summed E-state index contributed by atoms with van der Waals surface area (Å²) < 4.78 is 0. The lowest BCUT2D eigenvalue weighted by atomic mass is 9.96. The summed E-state index contributed by atoms with van der Waals surface area (Å²) in [5.74, 6) is -2.02. The Bertz CT molecular complexity index is 1120. The van der Waals surface area contributed by atoms with E-state index >= 15 is 0 Å². The van der Waals surface area contributed by atoms with E-state index in [1.807, 2.05) is 44.4 Å². The Morgan fingerprint density at radius 2 is 1.84 bits per heavy atom. The minimum atomic E-state index is -1.13. The molecule has 2 heterocycles. The lowest BCUT2D eigenvalue weighted by Crippen LogP contribution is -2.59. The molecule has 3 rings (SSSR count). The fraction of sp³-hybridized carbons (Fsp3) is 0.556. The molecule has 1 aromatic carbocycles. The Hall–Kier alpha value is -3.05. The molecule has 0 saturated carbocycles. The summed E-state index contributed by atoms with van der Waals surface area (Å²) in [6, 6.07) is 4.35. The van der Waals surface area contributed by atoms with Gasteiger partial charge in [-0.05, 0) is 55.4 Å². The Labute approximate surface area is 227 Å². The van der Waals surface area contributed by atoms with E-state index in [1.165, 1.54) is 11.8 Å². The molecule has 6 N–H and O–H groups in total. The van der Waals surface area contributed by atoms with Crippen LogP contribution < -0.4 is 21.3 Å². The maximum Gasteiger partial charge on any atom is 0.326 e. The third kappa shape index (κ3) is 7.73. The van der Waals surface area contributed by atoms with Crippen molar-refractivity contribution < 1.29 is 24.3 Å². The molecule has 1 aliphatic rings. The Morgan fingerprint density at radius 1 is 1.11 bits per heavy atom. The van der Waals surface area contributed by atoms with Gasteiger partial charge in [0.25, 0.3) is 0 Å². The predicted octanol–water partition coefficient (Wildman–Crippen LogP) is 1.80.